The first kappa shape index (κ1) is 15.8. The van der Waals surface area contributed by atoms with Gasteiger partial charge in [-0.05, 0) is 24.3 Å². The maximum absolute atomic E-state index is 12.8. The summed E-state index contributed by atoms with van der Waals surface area (Å²) in [7, 11) is 0. The molecule has 0 fully saturated rings. The number of carbonyl (C=O) groups excluding carboxylic acids is 2. The summed E-state index contributed by atoms with van der Waals surface area (Å²) in [5.74, 6) is -1.99. The highest BCUT2D eigenvalue weighted by molar-refractivity contribution is 7.15. The number of halogens is 1. The summed E-state index contributed by atoms with van der Waals surface area (Å²) >= 11 is 1.25. The standard InChI is InChI=1S/C15H10FN3O4S/c16-9-1-3-10(4-2-9)18-12(20)8-23-14(22)11-7-17-15-19(13(11)21)5-6-24-15/h1-7H,8H2,(H,18,20). The van der Waals surface area contributed by atoms with Gasteiger partial charge < -0.3 is 10.1 Å². The van der Waals surface area contributed by atoms with Gasteiger partial charge in [-0.1, -0.05) is 0 Å². The minimum Gasteiger partial charge on any atom is -0.452 e. The summed E-state index contributed by atoms with van der Waals surface area (Å²) in [6.45, 7) is -0.581. The molecule has 0 saturated heterocycles. The van der Waals surface area contributed by atoms with Crippen LogP contribution in [0.5, 0.6) is 0 Å². The molecular formula is C15H10FN3O4S. The van der Waals surface area contributed by atoms with Crippen molar-refractivity contribution in [1.29, 1.82) is 0 Å². The van der Waals surface area contributed by atoms with E-state index in [1.165, 1.54) is 46.2 Å². The molecule has 3 aromatic rings. The second-order valence-corrected chi connectivity index (χ2v) is 5.54. The van der Waals surface area contributed by atoms with Crippen LogP contribution < -0.4 is 10.9 Å². The van der Waals surface area contributed by atoms with Crippen LogP contribution in [0.3, 0.4) is 0 Å². The summed E-state index contributed by atoms with van der Waals surface area (Å²) in [4.78, 5) is 40.2. The molecule has 1 amide bonds. The van der Waals surface area contributed by atoms with Crippen LogP contribution in [0.4, 0.5) is 10.1 Å². The molecule has 1 N–H and O–H groups in total. The van der Waals surface area contributed by atoms with E-state index >= 15 is 0 Å². The van der Waals surface area contributed by atoms with E-state index in [-0.39, 0.29) is 5.56 Å². The molecule has 0 atom stereocenters. The molecule has 0 spiro atoms. The molecule has 1 aromatic carbocycles. The van der Waals surface area contributed by atoms with Crippen molar-refractivity contribution in [2.24, 2.45) is 0 Å². The number of anilines is 1. The zero-order valence-corrected chi connectivity index (χ0v) is 12.9. The van der Waals surface area contributed by atoms with E-state index in [0.717, 1.165) is 6.20 Å². The average Bonchev–Trinajstić information content (AvgIpc) is 3.05. The van der Waals surface area contributed by atoms with Crippen molar-refractivity contribution in [3.8, 4) is 0 Å². The van der Waals surface area contributed by atoms with Gasteiger partial charge in [0, 0.05) is 17.3 Å². The van der Waals surface area contributed by atoms with E-state index in [1.54, 1.807) is 5.38 Å². The third kappa shape index (κ3) is 3.30. The molecule has 0 radical (unpaired) electrons. The van der Waals surface area contributed by atoms with Crippen molar-refractivity contribution in [3.63, 3.8) is 0 Å². The Morgan fingerprint density at radius 3 is 2.79 bits per heavy atom. The molecule has 3 rings (SSSR count). The van der Waals surface area contributed by atoms with E-state index in [9.17, 15) is 18.8 Å². The van der Waals surface area contributed by atoms with Crippen molar-refractivity contribution >= 4 is 33.9 Å². The van der Waals surface area contributed by atoms with Gasteiger partial charge in [-0.15, -0.1) is 11.3 Å². The van der Waals surface area contributed by atoms with Gasteiger partial charge in [-0.3, -0.25) is 14.0 Å². The molecular weight excluding hydrogens is 337 g/mol. The Morgan fingerprint density at radius 1 is 1.29 bits per heavy atom. The summed E-state index contributed by atoms with van der Waals surface area (Å²) < 4.78 is 18.8. The van der Waals surface area contributed by atoms with E-state index in [2.05, 4.69) is 10.3 Å². The van der Waals surface area contributed by atoms with Crippen LogP contribution in [0.15, 0.2) is 46.8 Å². The molecule has 0 bridgehead atoms. The third-order valence-electron chi connectivity index (χ3n) is 3.03. The molecule has 0 unspecified atom stereocenters. The fraction of sp³-hybridized carbons (Fsp3) is 0.0667. The number of rotatable bonds is 4. The first-order valence-electron chi connectivity index (χ1n) is 6.72. The average molecular weight is 347 g/mol. The quantitative estimate of drug-likeness (QED) is 0.726. The topological polar surface area (TPSA) is 89.8 Å². The molecule has 122 valence electrons. The second kappa shape index (κ2) is 6.59. The van der Waals surface area contributed by atoms with Gasteiger partial charge >= 0.3 is 5.97 Å². The Balaban J connectivity index is 1.64. The van der Waals surface area contributed by atoms with Crippen LogP contribution in [0.1, 0.15) is 10.4 Å². The van der Waals surface area contributed by atoms with Crippen molar-refractivity contribution in [2.45, 2.75) is 0 Å². The number of amides is 1. The van der Waals surface area contributed by atoms with Crippen molar-refractivity contribution in [3.05, 3.63) is 63.8 Å². The molecule has 24 heavy (non-hydrogen) atoms. The zero-order valence-electron chi connectivity index (χ0n) is 12.1. The lowest BCUT2D eigenvalue weighted by Crippen LogP contribution is -2.26. The van der Waals surface area contributed by atoms with Crippen LogP contribution in [0.2, 0.25) is 0 Å². The summed E-state index contributed by atoms with van der Waals surface area (Å²) in [5, 5.41) is 4.10. The van der Waals surface area contributed by atoms with Gasteiger partial charge in [0.05, 0.1) is 6.20 Å². The molecule has 2 aromatic heterocycles. The molecule has 0 aliphatic carbocycles. The largest absolute Gasteiger partial charge is 0.452 e. The van der Waals surface area contributed by atoms with Crippen LogP contribution in [-0.4, -0.2) is 27.9 Å². The molecule has 0 aliphatic heterocycles. The highest BCUT2D eigenvalue weighted by Crippen LogP contribution is 2.08. The second-order valence-electron chi connectivity index (χ2n) is 4.66. The number of aromatic nitrogens is 2. The molecule has 0 saturated carbocycles. The minimum absolute atomic E-state index is 0.263. The number of carbonyl (C=O) groups is 2. The summed E-state index contributed by atoms with van der Waals surface area (Å²) in [6, 6.07) is 5.11. The van der Waals surface area contributed by atoms with E-state index < -0.39 is 29.9 Å². The van der Waals surface area contributed by atoms with Crippen LogP contribution in [0, 0.1) is 5.82 Å². The summed E-state index contributed by atoms with van der Waals surface area (Å²) in [5.41, 5.74) is -0.468. The van der Waals surface area contributed by atoms with Crippen LogP contribution in [-0.2, 0) is 9.53 Å². The Bertz CT molecular complexity index is 965. The van der Waals surface area contributed by atoms with E-state index in [4.69, 9.17) is 4.74 Å². The first-order chi connectivity index (χ1) is 11.5. The van der Waals surface area contributed by atoms with Crippen molar-refractivity contribution < 1.29 is 18.7 Å². The number of nitrogens with zero attached hydrogens (tertiary/aromatic N) is 2. The van der Waals surface area contributed by atoms with Gasteiger partial charge in [0.25, 0.3) is 11.5 Å². The molecule has 7 nitrogen and oxygen atoms in total. The number of hydrogen-bond acceptors (Lipinski definition) is 6. The fourth-order valence-electron chi connectivity index (χ4n) is 1.90. The zero-order chi connectivity index (χ0) is 17.1. The van der Waals surface area contributed by atoms with Crippen molar-refractivity contribution in [2.75, 3.05) is 11.9 Å². The summed E-state index contributed by atoms with van der Waals surface area (Å²) in [6.07, 6.45) is 2.61. The number of hydrogen-bond donors (Lipinski definition) is 1. The Morgan fingerprint density at radius 2 is 2.04 bits per heavy atom. The van der Waals surface area contributed by atoms with Gasteiger partial charge in [0.15, 0.2) is 11.6 Å². The van der Waals surface area contributed by atoms with E-state index in [1.807, 2.05) is 0 Å². The van der Waals surface area contributed by atoms with Crippen LogP contribution in [0.25, 0.3) is 4.96 Å². The fourth-order valence-corrected chi connectivity index (χ4v) is 2.58. The van der Waals surface area contributed by atoms with Gasteiger partial charge in [-0.25, -0.2) is 14.2 Å². The molecule has 2 heterocycles. The lowest BCUT2D eigenvalue weighted by atomic mass is 10.3. The highest BCUT2D eigenvalue weighted by atomic mass is 32.1. The van der Waals surface area contributed by atoms with Crippen LogP contribution >= 0.6 is 11.3 Å². The number of fused-ring (bicyclic) bond motifs is 1. The first-order valence-corrected chi connectivity index (χ1v) is 7.60. The predicted molar refractivity (Wildman–Crippen MR) is 84.7 cm³/mol. The third-order valence-corrected chi connectivity index (χ3v) is 3.80. The normalized spacial score (nSPS) is 10.5. The van der Waals surface area contributed by atoms with E-state index in [0.29, 0.717) is 10.6 Å². The minimum atomic E-state index is -0.942. The SMILES string of the molecule is O=C(COC(=O)c1cnc2sccn2c1=O)Nc1ccc(F)cc1. The van der Waals surface area contributed by atoms with Gasteiger partial charge in [0.1, 0.15) is 11.4 Å². The smallest absolute Gasteiger partial charge is 0.345 e. The monoisotopic (exact) mass is 347 g/mol. The number of benzene rings is 1. The number of thiazole rings is 1. The lowest BCUT2D eigenvalue weighted by molar-refractivity contribution is -0.119. The molecule has 0 aliphatic rings. The molecule has 9 heteroatoms. The number of esters is 1. The number of nitrogens with one attached hydrogen (secondary N) is 1. The lowest BCUT2D eigenvalue weighted by Gasteiger charge is -2.06. The maximum Gasteiger partial charge on any atom is 0.345 e. The Kier molecular flexibility index (Phi) is 4.34. The predicted octanol–water partition coefficient (Wildman–Crippen LogP) is 1.69. The van der Waals surface area contributed by atoms with Gasteiger partial charge in [0.2, 0.25) is 0 Å². The number of ether oxygens (including phenoxy) is 1. The highest BCUT2D eigenvalue weighted by Gasteiger charge is 2.16. The Hall–Kier alpha value is -3.07. The van der Waals surface area contributed by atoms with Gasteiger partial charge in [-0.2, -0.15) is 0 Å². The van der Waals surface area contributed by atoms with Crippen molar-refractivity contribution in [1.82, 2.24) is 9.38 Å². The maximum atomic E-state index is 12.8. The Labute approximate surface area is 138 Å².